The van der Waals surface area contributed by atoms with Gasteiger partial charge in [0.25, 0.3) is 0 Å². The number of hydrogen-bond acceptors (Lipinski definition) is 5. The van der Waals surface area contributed by atoms with Gasteiger partial charge in [0.2, 0.25) is 5.91 Å². The number of hydrogen-bond donors (Lipinski definition) is 2. The van der Waals surface area contributed by atoms with Crippen LogP contribution in [0.5, 0.6) is 0 Å². The molecule has 136 valence electrons. The van der Waals surface area contributed by atoms with Crippen molar-refractivity contribution >= 4 is 27.4 Å². The Morgan fingerprint density at radius 3 is 2.56 bits per heavy atom. The number of nitrogens with one attached hydrogen (secondary N) is 1. The Morgan fingerprint density at radius 2 is 2.00 bits per heavy atom. The fraction of sp³-hybridized carbons (Fsp3) is 0.529. The van der Waals surface area contributed by atoms with Gasteiger partial charge in [0.05, 0.1) is 16.9 Å². The first-order valence-corrected chi connectivity index (χ1v) is 10.2. The number of carboxylic acids is 1. The van der Waals surface area contributed by atoms with E-state index in [0.29, 0.717) is 25.2 Å². The third-order valence-electron chi connectivity index (χ3n) is 5.30. The second-order valence-corrected chi connectivity index (χ2v) is 9.08. The fourth-order valence-corrected chi connectivity index (χ4v) is 4.68. The zero-order chi connectivity index (χ0) is 18.2. The average molecular weight is 366 g/mol. The zero-order valence-corrected chi connectivity index (χ0v) is 14.9. The van der Waals surface area contributed by atoms with Crippen molar-refractivity contribution in [2.24, 2.45) is 11.3 Å². The summed E-state index contributed by atoms with van der Waals surface area (Å²) in [7, 11) is -3.27. The summed E-state index contributed by atoms with van der Waals surface area (Å²) in [5.74, 6) is -0.867. The summed E-state index contributed by atoms with van der Waals surface area (Å²) >= 11 is 0. The zero-order valence-electron chi connectivity index (χ0n) is 14.1. The Morgan fingerprint density at radius 1 is 1.32 bits per heavy atom. The topological polar surface area (TPSA) is 104 Å². The molecule has 2 fully saturated rings. The number of sulfone groups is 1. The van der Waals surface area contributed by atoms with E-state index in [0.717, 1.165) is 19.1 Å². The van der Waals surface area contributed by atoms with Crippen LogP contribution < -0.4 is 5.32 Å². The van der Waals surface area contributed by atoms with Crippen molar-refractivity contribution in [3.63, 3.8) is 0 Å². The molecule has 0 bridgehead atoms. The van der Waals surface area contributed by atoms with Gasteiger partial charge >= 0.3 is 5.97 Å². The van der Waals surface area contributed by atoms with Gasteiger partial charge in [-0.15, -0.1) is 0 Å². The molecule has 3 rings (SSSR count). The van der Waals surface area contributed by atoms with Crippen LogP contribution >= 0.6 is 0 Å². The van der Waals surface area contributed by atoms with Crippen molar-refractivity contribution < 1.29 is 23.1 Å². The van der Waals surface area contributed by atoms with E-state index >= 15 is 0 Å². The second-order valence-electron chi connectivity index (χ2n) is 7.06. The van der Waals surface area contributed by atoms with Gasteiger partial charge in [-0.1, -0.05) is 6.42 Å². The monoisotopic (exact) mass is 366 g/mol. The van der Waals surface area contributed by atoms with Gasteiger partial charge in [-0.25, -0.2) is 8.42 Å². The molecule has 8 heteroatoms. The van der Waals surface area contributed by atoms with Crippen LogP contribution in [-0.2, 0) is 19.4 Å². The number of amides is 1. The third-order valence-corrected chi connectivity index (χ3v) is 6.43. The van der Waals surface area contributed by atoms with Crippen molar-refractivity contribution in [2.75, 3.05) is 31.2 Å². The predicted octanol–water partition coefficient (Wildman–Crippen LogP) is 1.22. The molecule has 0 aromatic heterocycles. The lowest BCUT2D eigenvalue weighted by Gasteiger charge is -2.23. The number of anilines is 1. The second kappa shape index (κ2) is 6.42. The van der Waals surface area contributed by atoms with Crippen LogP contribution in [0, 0.1) is 11.3 Å². The molecule has 1 heterocycles. The molecule has 1 aliphatic heterocycles. The standard InChI is InChI=1S/C17H22N2O5S/c1-25(23,24)14-6-4-13(5-7-14)18-15(20)10-19-9-12-3-2-8-17(12,11-19)16(21)22/h4-7,12H,2-3,8-11H2,1H3,(H,18,20)(H,21,22)/t12-,17+/m0/s1. The highest BCUT2D eigenvalue weighted by Gasteiger charge is 2.54. The molecule has 0 radical (unpaired) electrons. The lowest BCUT2D eigenvalue weighted by Crippen LogP contribution is -2.37. The molecule has 0 spiro atoms. The number of carboxylic acid groups (broad SMARTS) is 1. The van der Waals surface area contributed by atoms with E-state index in [1.807, 2.05) is 4.90 Å². The number of nitrogens with zero attached hydrogens (tertiary/aromatic N) is 1. The van der Waals surface area contributed by atoms with E-state index in [4.69, 9.17) is 0 Å². The lowest BCUT2D eigenvalue weighted by molar-refractivity contribution is -0.149. The molecule has 1 saturated carbocycles. The number of benzene rings is 1. The molecule has 25 heavy (non-hydrogen) atoms. The highest BCUT2D eigenvalue weighted by Crippen LogP contribution is 2.48. The molecule has 1 saturated heterocycles. The molecule has 0 unspecified atom stereocenters. The first-order chi connectivity index (χ1) is 11.7. The van der Waals surface area contributed by atoms with E-state index < -0.39 is 21.2 Å². The molecular weight excluding hydrogens is 344 g/mol. The summed E-state index contributed by atoms with van der Waals surface area (Å²) in [5, 5.41) is 12.3. The largest absolute Gasteiger partial charge is 0.481 e. The van der Waals surface area contributed by atoms with Crippen molar-refractivity contribution in [3.8, 4) is 0 Å². The molecule has 1 amide bonds. The van der Waals surface area contributed by atoms with Crippen LogP contribution in [0.4, 0.5) is 5.69 Å². The first-order valence-electron chi connectivity index (χ1n) is 8.26. The van der Waals surface area contributed by atoms with Gasteiger partial charge in [-0.05, 0) is 43.0 Å². The summed E-state index contributed by atoms with van der Waals surface area (Å²) in [4.78, 5) is 26.0. The van der Waals surface area contributed by atoms with E-state index in [-0.39, 0.29) is 23.3 Å². The number of carbonyl (C=O) groups excluding carboxylic acids is 1. The summed E-state index contributed by atoms with van der Waals surface area (Å²) in [5.41, 5.74) is -0.179. The number of fused-ring (bicyclic) bond motifs is 1. The van der Waals surface area contributed by atoms with Crippen LogP contribution in [0.1, 0.15) is 19.3 Å². The van der Waals surface area contributed by atoms with Crippen molar-refractivity contribution in [2.45, 2.75) is 24.2 Å². The van der Waals surface area contributed by atoms with Crippen molar-refractivity contribution in [1.29, 1.82) is 0 Å². The first kappa shape index (κ1) is 17.9. The Kier molecular flexibility index (Phi) is 4.59. The summed E-state index contributed by atoms with van der Waals surface area (Å²) < 4.78 is 22.9. The molecule has 1 aromatic carbocycles. The maximum atomic E-state index is 12.2. The Hall–Kier alpha value is -1.93. The van der Waals surface area contributed by atoms with Crippen LogP contribution in [0.2, 0.25) is 0 Å². The SMILES string of the molecule is CS(=O)(=O)c1ccc(NC(=O)CN2C[C@@H]3CCC[C@@]3(C(=O)O)C2)cc1. The summed E-state index contributed by atoms with van der Waals surface area (Å²) in [6, 6.07) is 5.99. The van der Waals surface area contributed by atoms with E-state index in [2.05, 4.69) is 5.32 Å². The van der Waals surface area contributed by atoms with E-state index in [9.17, 15) is 23.1 Å². The average Bonchev–Trinajstić information content (AvgIpc) is 3.04. The minimum Gasteiger partial charge on any atom is -0.481 e. The molecule has 2 aliphatic rings. The van der Waals surface area contributed by atoms with Crippen LogP contribution in [0.3, 0.4) is 0 Å². The molecular formula is C17H22N2O5S. The molecule has 1 aliphatic carbocycles. The fourth-order valence-electron chi connectivity index (χ4n) is 4.05. The predicted molar refractivity (Wildman–Crippen MR) is 92.0 cm³/mol. The minimum atomic E-state index is -3.27. The number of carbonyl (C=O) groups is 2. The van der Waals surface area contributed by atoms with Crippen LogP contribution in [0.15, 0.2) is 29.2 Å². The quantitative estimate of drug-likeness (QED) is 0.812. The van der Waals surface area contributed by atoms with E-state index in [1.54, 1.807) is 12.1 Å². The normalized spacial score (nSPS) is 26.4. The maximum Gasteiger partial charge on any atom is 0.311 e. The molecule has 2 atom stereocenters. The maximum absolute atomic E-state index is 12.2. The van der Waals surface area contributed by atoms with Gasteiger partial charge in [0, 0.05) is 25.0 Å². The van der Waals surface area contributed by atoms with Crippen molar-refractivity contribution in [3.05, 3.63) is 24.3 Å². The van der Waals surface area contributed by atoms with Gasteiger partial charge in [0.1, 0.15) is 0 Å². The Balaban J connectivity index is 1.59. The Labute approximate surface area is 146 Å². The van der Waals surface area contributed by atoms with Gasteiger partial charge in [0.15, 0.2) is 9.84 Å². The van der Waals surface area contributed by atoms with Crippen LogP contribution in [-0.4, -0.2) is 56.2 Å². The highest BCUT2D eigenvalue weighted by atomic mass is 32.2. The molecule has 7 nitrogen and oxygen atoms in total. The van der Waals surface area contributed by atoms with Gasteiger partial charge in [-0.3, -0.25) is 14.5 Å². The summed E-state index contributed by atoms with van der Waals surface area (Å²) in [6.07, 6.45) is 3.64. The summed E-state index contributed by atoms with van der Waals surface area (Å²) in [6.45, 7) is 1.18. The van der Waals surface area contributed by atoms with Gasteiger partial charge in [-0.2, -0.15) is 0 Å². The highest BCUT2D eigenvalue weighted by molar-refractivity contribution is 7.90. The van der Waals surface area contributed by atoms with Gasteiger partial charge < -0.3 is 10.4 Å². The lowest BCUT2D eigenvalue weighted by atomic mass is 9.81. The number of rotatable bonds is 5. The Bertz CT molecular complexity index is 790. The number of aliphatic carboxylic acids is 1. The minimum absolute atomic E-state index is 0.117. The number of likely N-dealkylation sites (tertiary alicyclic amines) is 1. The van der Waals surface area contributed by atoms with Crippen LogP contribution in [0.25, 0.3) is 0 Å². The van der Waals surface area contributed by atoms with E-state index in [1.165, 1.54) is 12.1 Å². The molecule has 1 aromatic rings. The third kappa shape index (κ3) is 3.55. The smallest absolute Gasteiger partial charge is 0.311 e. The molecule has 2 N–H and O–H groups in total. The van der Waals surface area contributed by atoms with Crippen molar-refractivity contribution in [1.82, 2.24) is 4.90 Å².